The summed E-state index contributed by atoms with van der Waals surface area (Å²) in [4.78, 5) is 4.34. The molecule has 1 aromatic rings. The van der Waals surface area contributed by atoms with Crippen LogP contribution in [0, 0.1) is 11.8 Å². The topological polar surface area (TPSA) is 42.7 Å². The van der Waals surface area contributed by atoms with Crippen LogP contribution in [0.2, 0.25) is 0 Å². The predicted molar refractivity (Wildman–Crippen MR) is 68.7 cm³/mol. The molecular weight excluding hydrogens is 212 g/mol. The van der Waals surface area contributed by atoms with E-state index in [0.29, 0.717) is 6.04 Å². The van der Waals surface area contributed by atoms with Crippen molar-refractivity contribution in [2.75, 3.05) is 6.54 Å². The van der Waals surface area contributed by atoms with Crippen LogP contribution in [-0.2, 0) is 13.5 Å². The molecule has 2 atom stereocenters. The molecule has 1 saturated carbocycles. The molecule has 1 aliphatic carbocycles. The highest BCUT2D eigenvalue weighted by Gasteiger charge is 2.33. The van der Waals surface area contributed by atoms with Gasteiger partial charge in [-0.3, -0.25) is 4.68 Å². The molecule has 4 nitrogen and oxygen atoms in total. The zero-order valence-electron chi connectivity index (χ0n) is 11.2. The molecule has 1 N–H and O–H groups in total. The minimum Gasteiger partial charge on any atom is -0.313 e. The van der Waals surface area contributed by atoms with Crippen molar-refractivity contribution in [2.24, 2.45) is 18.9 Å². The second kappa shape index (κ2) is 5.63. The van der Waals surface area contributed by atoms with Crippen LogP contribution >= 0.6 is 0 Å². The Balaban J connectivity index is 1.96. The van der Waals surface area contributed by atoms with Crippen LogP contribution in [0.5, 0.6) is 0 Å². The number of rotatable bonds is 7. The minimum atomic E-state index is 0.547. The summed E-state index contributed by atoms with van der Waals surface area (Å²) < 4.78 is 1.89. The molecule has 1 aliphatic rings. The van der Waals surface area contributed by atoms with Gasteiger partial charge in [0.05, 0.1) is 0 Å². The maximum absolute atomic E-state index is 4.34. The number of hydrogen-bond donors (Lipinski definition) is 1. The van der Waals surface area contributed by atoms with E-state index in [1.54, 1.807) is 6.33 Å². The maximum Gasteiger partial charge on any atom is 0.138 e. The molecule has 0 spiro atoms. The van der Waals surface area contributed by atoms with Crippen molar-refractivity contribution >= 4 is 0 Å². The SMILES string of the molecule is CCCNC(Cc1ncnn1C)C(C)C1CC1. The minimum absolute atomic E-state index is 0.547. The van der Waals surface area contributed by atoms with E-state index in [4.69, 9.17) is 0 Å². The third kappa shape index (κ3) is 3.28. The Bertz CT molecular complexity index is 343. The lowest BCUT2D eigenvalue weighted by Gasteiger charge is -2.24. The Kier molecular flexibility index (Phi) is 4.15. The van der Waals surface area contributed by atoms with Crippen LogP contribution in [0.25, 0.3) is 0 Å². The van der Waals surface area contributed by atoms with Gasteiger partial charge in [0.15, 0.2) is 0 Å². The summed E-state index contributed by atoms with van der Waals surface area (Å²) in [6, 6.07) is 0.547. The summed E-state index contributed by atoms with van der Waals surface area (Å²) in [6.07, 6.45) is 6.64. The van der Waals surface area contributed by atoms with Crippen molar-refractivity contribution in [1.29, 1.82) is 0 Å². The maximum atomic E-state index is 4.34. The number of hydrogen-bond acceptors (Lipinski definition) is 3. The molecular formula is C13H24N4. The predicted octanol–water partition coefficient (Wildman–Crippen LogP) is 1.77. The van der Waals surface area contributed by atoms with Crippen LogP contribution in [0.3, 0.4) is 0 Å². The van der Waals surface area contributed by atoms with Crippen LogP contribution in [-0.4, -0.2) is 27.4 Å². The Morgan fingerprint density at radius 3 is 2.82 bits per heavy atom. The van der Waals surface area contributed by atoms with Crippen LogP contribution in [0.4, 0.5) is 0 Å². The second-order valence-corrected chi connectivity index (χ2v) is 5.26. The molecule has 0 saturated heterocycles. The summed E-state index contributed by atoms with van der Waals surface area (Å²) in [5, 5.41) is 7.82. The Morgan fingerprint density at radius 2 is 2.29 bits per heavy atom. The quantitative estimate of drug-likeness (QED) is 0.784. The van der Waals surface area contributed by atoms with Gasteiger partial charge in [-0.1, -0.05) is 13.8 Å². The van der Waals surface area contributed by atoms with Gasteiger partial charge in [-0.25, -0.2) is 4.98 Å². The van der Waals surface area contributed by atoms with Crippen molar-refractivity contribution in [2.45, 2.75) is 45.6 Å². The highest BCUT2D eigenvalue weighted by Crippen LogP contribution is 2.38. The van der Waals surface area contributed by atoms with Crippen LogP contribution in [0.15, 0.2) is 6.33 Å². The Hall–Kier alpha value is -0.900. The molecule has 1 heterocycles. The molecule has 96 valence electrons. The Labute approximate surface area is 104 Å². The van der Waals surface area contributed by atoms with Crippen molar-refractivity contribution in [1.82, 2.24) is 20.1 Å². The third-order valence-corrected chi connectivity index (χ3v) is 3.86. The van der Waals surface area contributed by atoms with Gasteiger partial charge in [-0.05, 0) is 37.6 Å². The number of aryl methyl sites for hydroxylation is 1. The normalized spacial score (nSPS) is 19.2. The molecule has 2 rings (SSSR count). The molecule has 0 aromatic carbocycles. The fourth-order valence-electron chi connectivity index (χ4n) is 2.43. The standard InChI is InChI=1S/C13H24N4/c1-4-7-14-12(10(2)11-5-6-11)8-13-15-9-16-17(13)3/h9-12,14H,4-8H2,1-3H3. The van der Waals surface area contributed by atoms with Crippen LogP contribution < -0.4 is 5.32 Å². The molecule has 2 unspecified atom stereocenters. The average Bonchev–Trinajstić information content (AvgIpc) is 3.09. The van der Waals surface area contributed by atoms with Gasteiger partial charge in [0.25, 0.3) is 0 Å². The molecule has 1 aromatic heterocycles. The van der Waals surface area contributed by atoms with Crippen molar-refractivity contribution in [3.05, 3.63) is 12.2 Å². The molecule has 1 fully saturated rings. The van der Waals surface area contributed by atoms with Crippen molar-refractivity contribution < 1.29 is 0 Å². The monoisotopic (exact) mass is 236 g/mol. The van der Waals surface area contributed by atoms with Crippen molar-refractivity contribution in [3.63, 3.8) is 0 Å². The number of nitrogens with zero attached hydrogens (tertiary/aromatic N) is 3. The first kappa shape index (κ1) is 12.6. The highest BCUT2D eigenvalue weighted by molar-refractivity contribution is 4.94. The molecule has 0 aliphatic heterocycles. The molecule has 17 heavy (non-hydrogen) atoms. The zero-order chi connectivity index (χ0) is 12.3. The van der Waals surface area contributed by atoms with E-state index in [2.05, 4.69) is 29.2 Å². The summed E-state index contributed by atoms with van der Waals surface area (Å²) in [5.74, 6) is 2.77. The Morgan fingerprint density at radius 1 is 1.53 bits per heavy atom. The fraction of sp³-hybridized carbons (Fsp3) is 0.846. The van der Waals surface area contributed by atoms with E-state index >= 15 is 0 Å². The van der Waals surface area contributed by atoms with Gasteiger partial charge in [-0.2, -0.15) is 5.10 Å². The highest BCUT2D eigenvalue weighted by atomic mass is 15.3. The first-order valence-electron chi connectivity index (χ1n) is 6.78. The summed E-state index contributed by atoms with van der Waals surface area (Å²) in [5.41, 5.74) is 0. The first-order valence-corrected chi connectivity index (χ1v) is 6.78. The average molecular weight is 236 g/mol. The molecule has 4 heteroatoms. The van der Waals surface area contributed by atoms with Crippen LogP contribution in [0.1, 0.15) is 38.9 Å². The van der Waals surface area contributed by atoms with E-state index < -0.39 is 0 Å². The molecule has 0 bridgehead atoms. The lowest BCUT2D eigenvalue weighted by Crippen LogP contribution is -2.39. The summed E-state index contributed by atoms with van der Waals surface area (Å²) >= 11 is 0. The van der Waals surface area contributed by atoms with Gasteiger partial charge in [0.2, 0.25) is 0 Å². The van der Waals surface area contributed by atoms with E-state index in [9.17, 15) is 0 Å². The fourth-order valence-corrected chi connectivity index (χ4v) is 2.43. The molecule has 0 amide bonds. The lowest BCUT2D eigenvalue weighted by atomic mass is 9.93. The summed E-state index contributed by atoms with van der Waals surface area (Å²) in [6.45, 7) is 5.69. The van der Waals surface area contributed by atoms with Gasteiger partial charge < -0.3 is 5.32 Å². The van der Waals surface area contributed by atoms with Gasteiger partial charge in [-0.15, -0.1) is 0 Å². The number of aromatic nitrogens is 3. The second-order valence-electron chi connectivity index (χ2n) is 5.26. The molecule has 0 radical (unpaired) electrons. The number of nitrogens with one attached hydrogen (secondary N) is 1. The van der Waals surface area contributed by atoms with Gasteiger partial charge in [0, 0.05) is 19.5 Å². The smallest absolute Gasteiger partial charge is 0.138 e. The largest absolute Gasteiger partial charge is 0.313 e. The van der Waals surface area contributed by atoms with E-state index in [-0.39, 0.29) is 0 Å². The van der Waals surface area contributed by atoms with E-state index in [1.165, 1.54) is 19.3 Å². The van der Waals surface area contributed by atoms with Gasteiger partial charge >= 0.3 is 0 Å². The first-order chi connectivity index (χ1) is 8.22. The summed E-state index contributed by atoms with van der Waals surface area (Å²) in [7, 11) is 1.97. The van der Waals surface area contributed by atoms with Crippen molar-refractivity contribution in [3.8, 4) is 0 Å². The van der Waals surface area contributed by atoms with Gasteiger partial charge in [0.1, 0.15) is 12.2 Å². The van der Waals surface area contributed by atoms with E-state index in [0.717, 1.165) is 30.6 Å². The zero-order valence-corrected chi connectivity index (χ0v) is 11.2. The van der Waals surface area contributed by atoms with E-state index in [1.807, 2.05) is 11.7 Å². The lowest BCUT2D eigenvalue weighted by molar-refractivity contribution is 0.332. The third-order valence-electron chi connectivity index (χ3n) is 3.86.